The third-order valence-electron chi connectivity index (χ3n) is 3.22. The van der Waals surface area contributed by atoms with Crippen molar-refractivity contribution in [3.8, 4) is 0 Å². The van der Waals surface area contributed by atoms with E-state index in [0.717, 1.165) is 29.4 Å². The van der Waals surface area contributed by atoms with Crippen LogP contribution in [-0.2, 0) is 0 Å². The van der Waals surface area contributed by atoms with Crippen LogP contribution in [0, 0.1) is 6.92 Å². The maximum absolute atomic E-state index is 6.08. The fraction of sp³-hybridized carbons (Fsp3) is 0.538. The Bertz CT molecular complexity index is 346. The average molecular weight is 239 g/mol. The van der Waals surface area contributed by atoms with E-state index in [4.69, 9.17) is 11.6 Å². The Labute approximate surface area is 102 Å². The highest BCUT2D eigenvalue weighted by molar-refractivity contribution is 6.31. The van der Waals surface area contributed by atoms with E-state index < -0.39 is 0 Å². The van der Waals surface area contributed by atoms with Gasteiger partial charge in [-0.1, -0.05) is 24.1 Å². The van der Waals surface area contributed by atoms with Gasteiger partial charge in [-0.2, -0.15) is 0 Å². The van der Waals surface area contributed by atoms with Crippen molar-refractivity contribution in [3.05, 3.63) is 28.8 Å². The topological polar surface area (TPSA) is 24.1 Å². The molecule has 1 unspecified atom stereocenters. The maximum Gasteiger partial charge on any atom is 0.0455 e. The summed E-state index contributed by atoms with van der Waals surface area (Å²) in [5.41, 5.74) is 2.29. The predicted octanol–water partition coefficient (Wildman–Crippen LogP) is 3.20. The number of piperidine rings is 1. The van der Waals surface area contributed by atoms with Crippen molar-refractivity contribution < 1.29 is 0 Å². The molecule has 0 bridgehead atoms. The molecule has 0 aromatic heterocycles. The second-order valence-electron chi connectivity index (χ2n) is 4.44. The molecule has 1 aliphatic heterocycles. The van der Waals surface area contributed by atoms with Crippen molar-refractivity contribution >= 4 is 17.3 Å². The lowest BCUT2D eigenvalue weighted by Crippen LogP contribution is -2.39. The second-order valence-corrected chi connectivity index (χ2v) is 4.85. The molecule has 1 fully saturated rings. The van der Waals surface area contributed by atoms with Gasteiger partial charge in [0.15, 0.2) is 0 Å². The van der Waals surface area contributed by atoms with E-state index in [1.165, 1.54) is 19.3 Å². The molecule has 1 aromatic rings. The van der Waals surface area contributed by atoms with Crippen LogP contribution >= 0.6 is 11.6 Å². The molecule has 0 amide bonds. The van der Waals surface area contributed by atoms with Gasteiger partial charge in [-0.3, -0.25) is 0 Å². The highest BCUT2D eigenvalue weighted by atomic mass is 35.5. The molecule has 2 nitrogen and oxygen atoms in total. The van der Waals surface area contributed by atoms with E-state index in [-0.39, 0.29) is 0 Å². The fourth-order valence-electron chi connectivity index (χ4n) is 2.13. The molecule has 1 aromatic carbocycles. The van der Waals surface area contributed by atoms with Crippen LogP contribution in [0.4, 0.5) is 5.69 Å². The van der Waals surface area contributed by atoms with Crippen LogP contribution in [0.1, 0.15) is 24.8 Å². The smallest absolute Gasteiger partial charge is 0.0455 e. The Kier molecular flexibility index (Phi) is 4.08. The minimum Gasteiger partial charge on any atom is -0.383 e. The maximum atomic E-state index is 6.08. The monoisotopic (exact) mass is 238 g/mol. The van der Waals surface area contributed by atoms with Gasteiger partial charge in [0.25, 0.3) is 0 Å². The summed E-state index contributed by atoms with van der Waals surface area (Å²) in [5.74, 6) is 0. The van der Waals surface area contributed by atoms with Crippen LogP contribution in [0.5, 0.6) is 0 Å². The lowest BCUT2D eigenvalue weighted by atomic mass is 10.0. The van der Waals surface area contributed by atoms with Gasteiger partial charge in [-0.15, -0.1) is 0 Å². The van der Waals surface area contributed by atoms with Gasteiger partial charge in [0.2, 0.25) is 0 Å². The first kappa shape index (κ1) is 11.7. The third kappa shape index (κ3) is 2.89. The Hall–Kier alpha value is -0.730. The number of hydrogen-bond acceptors (Lipinski definition) is 2. The summed E-state index contributed by atoms with van der Waals surface area (Å²) in [4.78, 5) is 0. The van der Waals surface area contributed by atoms with Crippen molar-refractivity contribution in [2.45, 2.75) is 32.2 Å². The van der Waals surface area contributed by atoms with Crippen LogP contribution in [0.25, 0.3) is 0 Å². The predicted molar refractivity (Wildman–Crippen MR) is 70.3 cm³/mol. The van der Waals surface area contributed by atoms with E-state index in [1.54, 1.807) is 0 Å². The second kappa shape index (κ2) is 5.55. The summed E-state index contributed by atoms with van der Waals surface area (Å²) in [7, 11) is 0. The molecule has 2 rings (SSSR count). The van der Waals surface area contributed by atoms with Crippen LogP contribution in [-0.4, -0.2) is 19.1 Å². The number of benzene rings is 1. The Morgan fingerprint density at radius 1 is 1.44 bits per heavy atom. The van der Waals surface area contributed by atoms with Gasteiger partial charge >= 0.3 is 0 Å². The first-order valence-corrected chi connectivity index (χ1v) is 6.37. The fourth-order valence-corrected chi connectivity index (χ4v) is 2.30. The van der Waals surface area contributed by atoms with E-state index in [1.807, 2.05) is 12.1 Å². The van der Waals surface area contributed by atoms with E-state index in [0.29, 0.717) is 6.04 Å². The third-order valence-corrected chi connectivity index (χ3v) is 3.63. The van der Waals surface area contributed by atoms with Crippen molar-refractivity contribution in [1.29, 1.82) is 0 Å². The molecule has 0 aliphatic carbocycles. The molecule has 1 atom stereocenters. The van der Waals surface area contributed by atoms with Gasteiger partial charge in [-0.25, -0.2) is 0 Å². The Morgan fingerprint density at radius 3 is 3.06 bits per heavy atom. The zero-order chi connectivity index (χ0) is 11.4. The van der Waals surface area contributed by atoms with Crippen LogP contribution < -0.4 is 10.6 Å². The minimum absolute atomic E-state index is 0.604. The van der Waals surface area contributed by atoms with Crippen molar-refractivity contribution in [2.24, 2.45) is 0 Å². The zero-order valence-electron chi connectivity index (χ0n) is 9.72. The molecule has 16 heavy (non-hydrogen) atoms. The first-order chi connectivity index (χ1) is 7.77. The molecule has 0 saturated carbocycles. The highest BCUT2D eigenvalue weighted by Crippen LogP contribution is 2.23. The van der Waals surface area contributed by atoms with Gasteiger partial charge in [0, 0.05) is 23.3 Å². The van der Waals surface area contributed by atoms with E-state index in [2.05, 4.69) is 23.6 Å². The molecule has 1 saturated heterocycles. The SMILES string of the molecule is Cc1c(Cl)cccc1NCC1CCCCN1. The van der Waals surface area contributed by atoms with Crippen LogP contribution in [0.2, 0.25) is 5.02 Å². The van der Waals surface area contributed by atoms with Gasteiger partial charge in [0.05, 0.1) is 0 Å². The van der Waals surface area contributed by atoms with Crippen molar-refractivity contribution in [2.75, 3.05) is 18.4 Å². The molecule has 1 aliphatic rings. The minimum atomic E-state index is 0.604. The summed E-state index contributed by atoms with van der Waals surface area (Å²) in [6.45, 7) is 4.20. The van der Waals surface area contributed by atoms with Crippen molar-refractivity contribution in [3.63, 3.8) is 0 Å². The van der Waals surface area contributed by atoms with Gasteiger partial charge in [0.1, 0.15) is 0 Å². The molecule has 2 N–H and O–H groups in total. The summed E-state index contributed by atoms with van der Waals surface area (Å²) < 4.78 is 0. The van der Waals surface area contributed by atoms with E-state index in [9.17, 15) is 0 Å². The van der Waals surface area contributed by atoms with E-state index >= 15 is 0 Å². The zero-order valence-corrected chi connectivity index (χ0v) is 10.5. The molecule has 0 radical (unpaired) electrons. The molecule has 3 heteroatoms. The number of anilines is 1. The van der Waals surface area contributed by atoms with Crippen molar-refractivity contribution in [1.82, 2.24) is 5.32 Å². The number of halogens is 1. The Balaban J connectivity index is 1.91. The lowest BCUT2D eigenvalue weighted by Gasteiger charge is -2.24. The number of rotatable bonds is 3. The summed E-state index contributed by atoms with van der Waals surface area (Å²) in [6, 6.07) is 6.61. The van der Waals surface area contributed by atoms with Crippen LogP contribution in [0.3, 0.4) is 0 Å². The quantitative estimate of drug-likeness (QED) is 0.845. The largest absolute Gasteiger partial charge is 0.383 e. The Morgan fingerprint density at radius 2 is 2.31 bits per heavy atom. The number of hydrogen-bond donors (Lipinski definition) is 2. The summed E-state index contributed by atoms with van der Waals surface area (Å²) >= 11 is 6.08. The number of nitrogens with one attached hydrogen (secondary N) is 2. The molecule has 1 heterocycles. The first-order valence-electron chi connectivity index (χ1n) is 6.00. The average Bonchev–Trinajstić information content (AvgIpc) is 2.32. The lowest BCUT2D eigenvalue weighted by molar-refractivity contribution is 0.414. The highest BCUT2D eigenvalue weighted by Gasteiger charge is 2.12. The normalized spacial score (nSPS) is 20.8. The molecular weight excluding hydrogens is 220 g/mol. The summed E-state index contributed by atoms with van der Waals surface area (Å²) in [5, 5.41) is 7.84. The molecule has 88 valence electrons. The standard InChI is InChI=1S/C13H19ClN2/c1-10-12(14)6-4-7-13(10)16-9-11-5-2-3-8-15-11/h4,6-7,11,15-16H,2-3,5,8-9H2,1H3. The van der Waals surface area contributed by atoms with Gasteiger partial charge < -0.3 is 10.6 Å². The summed E-state index contributed by atoms with van der Waals surface area (Å²) in [6.07, 6.45) is 3.92. The van der Waals surface area contributed by atoms with Gasteiger partial charge in [-0.05, 0) is 44.0 Å². The van der Waals surface area contributed by atoms with Crippen LogP contribution in [0.15, 0.2) is 18.2 Å². The molecular formula is C13H19ClN2. The molecule has 0 spiro atoms.